The molecule has 0 radical (unpaired) electrons. The third-order valence-electron chi connectivity index (χ3n) is 2.88. The van der Waals surface area contributed by atoms with Crippen LogP contribution in [-0.2, 0) is 6.54 Å². The van der Waals surface area contributed by atoms with E-state index in [4.69, 9.17) is 5.73 Å². The molecule has 3 nitrogen and oxygen atoms in total. The van der Waals surface area contributed by atoms with Crippen LogP contribution in [0.1, 0.15) is 57.0 Å². The van der Waals surface area contributed by atoms with E-state index in [0.717, 1.165) is 12.0 Å². The van der Waals surface area contributed by atoms with Gasteiger partial charge < -0.3 is 11.1 Å². The van der Waals surface area contributed by atoms with E-state index in [1.54, 1.807) is 0 Å². The van der Waals surface area contributed by atoms with Crippen molar-refractivity contribution in [2.45, 2.75) is 53.1 Å². The van der Waals surface area contributed by atoms with Crippen molar-refractivity contribution in [1.29, 1.82) is 0 Å². The molecule has 0 spiro atoms. The number of nitrogens with one attached hydrogen (secondary N) is 1. The maximum absolute atomic E-state index is 12.2. The van der Waals surface area contributed by atoms with Crippen LogP contribution < -0.4 is 11.1 Å². The molecule has 0 saturated carbocycles. The van der Waals surface area contributed by atoms with Crippen molar-refractivity contribution in [1.82, 2.24) is 5.32 Å². The Labute approximate surface area is 128 Å². The average molecular weight is 299 g/mol. The van der Waals surface area contributed by atoms with Gasteiger partial charge in [0.1, 0.15) is 0 Å². The van der Waals surface area contributed by atoms with Gasteiger partial charge in [0.15, 0.2) is 0 Å². The van der Waals surface area contributed by atoms with Gasteiger partial charge in [-0.25, -0.2) is 0 Å². The first kappa shape index (κ1) is 18.9. The molecule has 0 aliphatic rings. The minimum absolute atomic E-state index is 0. The normalized spacial score (nSPS) is 11.7. The van der Waals surface area contributed by atoms with E-state index >= 15 is 0 Å². The molecule has 0 unspecified atom stereocenters. The van der Waals surface area contributed by atoms with Crippen molar-refractivity contribution in [2.24, 2.45) is 11.1 Å². The van der Waals surface area contributed by atoms with E-state index in [-0.39, 0.29) is 29.3 Å². The molecule has 1 aromatic carbocycles. The topological polar surface area (TPSA) is 55.1 Å². The summed E-state index contributed by atoms with van der Waals surface area (Å²) in [5.41, 5.74) is 7.22. The smallest absolute Gasteiger partial charge is 0.251 e. The molecule has 0 aromatic heterocycles. The molecule has 20 heavy (non-hydrogen) atoms. The van der Waals surface area contributed by atoms with Gasteiger partial charge in [-0.15, -0.1) is 12.4 Å². The second-order valence-corrected chi connectivity index (χ2v) is 6.98. The van der Waals surface area contributed by atoms with Crippen molar-refractivity contribution < 1.29 is 4.79 Å². The predicted octanol–water partition coefficient (Wildman–Crippen LogP) is 3.51. The van der Waals surface area contributed by atoms with E-state index in [2.05, 4.69) is 39.9 Å². The third kappa shape index (κ3) is 6.40. The molecule has 0 heterocycles. The zero-order valence-corrected chi connectivity index (χ0v) is 13.9. The van der Waals surface area contributed by atoms with Crippen LogP contribution in [-0.4, -0.2) is 11.4 Å². The Hall–Kier alpha value is -1.06. The van der Waals surface area contributed by atoms with Crippen molar-refractivity contribution >= 4 is 18.3 Å². The minimum Gasteiger partial charge on any atom is -0.347 e. The average Bonchev–Trinajstić information content (AvgIpc) is 2.25. The predicted molar refractivity (Wildman–Crippen MR) is 87.2 cm³/mol. The number of amides is 1. The van der Waals surface area contributed by atoms with E-state index in [0.29, 0.717) is 12.1 Å². The van der Waals surface area contributed by atoms with Crippen LogP contribution in [0.25, 0.3) is 0 Å². The maximum atomic E-state index is 12.2. The highest BCUT2D eigenvalue weighted by Gasteiger charge is 2.27. The fourth-order valence-electron chi connectivity index (χ4n) is 2.54. The SMILES string of the molecule is CC(C)(C)CC(C)(C)NC(=O)c1ccc(CN)cc1.Cl. The van der Waals surface area contributed by atoms with Crippen LogP contribution in [0.4, 0.5) is 0 Å². The molecule has 1 aromatic rings. The lowest BCUT2D eigenvalue weighted by Crippen LogP contribution is -2.45. The monoisotopic (exact) mass is 298 g/mol. The molecule has 4 heteroatoms. The lowest BCUT2D eigenvalue weighted by Gasteiger charge is -2.33. The number of carbonyl (C=O) groups excluding carboxylic acids is 1. The summed E-state index contributed by atoms with van der Waals surface area (Å²) in [5, 5.41) is 3.10. The molecule has 3 N–H and O–H groups in total. The van der Waals surface area contributed by atoms with Gasteiger partial charge in [0.2, 0.25) is 0 Å². The van der Waals surface area contributed by atoms with E-state index in [9.17, 15) is 4.79 Å². The number of halogens is 1. The lowest BCUT2D eigenvalue weighted by molar-refractivity contribution is 0.0891. The highest BCUT2D eigenvalue weighted by molar-refractivity contribution is 5.94. The standard InChI is InChI=1S/C16H26N2O.ClH/c1-15(2,3)11-16(4,5)18-14(19)13-8-6-12(10-17)7-9-13;/h6-9H,10-11,17H2,1-5H3,(H,18,19);1H. The lowest BCUT2D eigenvalue weighted by atomic mass is 9.81. The number of benzene rings is 1. The van der Waals surface area contributed by atoms with Gasteiger partial charge in [-0.2, -0.15) is 0 Å². The number of nitrogens with two attached hydrogens (primary N) is 1. The molecule has 1 amide bonds. The van der Waals surface area contributed by atoms with Gasteiger partial charge in [-0.3, -0.25) is 4.79 Å². The highest BCUT2D eigenvalue weighted by atomic mass is 35.5. The van der Waals surface area contributed by atoms with E-state index in [1.165, 1.54) is 0 Å². The van der Waals surface area contributed by atoms with Gasteiger partial charge in [0.05, 0.1) is 0 Å². The summed E-state index contributed by atoms with van der Waals surface area (Å²) < 4.78 is 0. The Balaban J connectivity index is 0.00000361. The Kier molecular flexibility index (Phi) is 6.72. The largest absolute Gasteiger partial charge is 0.347 e. The van der Waals surface area contributed by atoms with Crippen molar-refractivity contribution in [3.63, 3.8) is 0 Å². The van der Waals surface area contributed by atoms with Crippen LogP contribution in [0.2, 0.25) is 0 Å². The fraction of sp³-hybridized carbons (Fsp3) is 0.562. The molecule has 0 atom stereocenters. The summed E-state index contributed by atoms with van der Waals surface area (Å²) in [5.74, 6) is -0.0298. The van der Waals surface area contributed by atoms with Crippen LogP contribution in [0.15, 0.2) is 24.3 Å². The van der Waals surface area contributed by atoms with Crippen molar-refractivity contribution in [3.8, 4) is 0 Å². The zero-order chi connectivity index (χ0) is 14.7. The second-order valence-electron chi connectivity index (χ2n) is 6.98. The Morgan fingerprint density at radius 2 is 1.60 bits per heavy atom. The van der Waals surface area contributed by atoms with Crippen molar-refractivity contribution in [2.75, 3.05) is 0 Å². The Bertz CT molecular complexity index is 433. The molecule has 0 aliphatic carbocycles. The highest BCUT2D eigenvalue weighted by Crippen LogP contribution is 2.27. The molecular weight excluding hydrogens is 272 g/mol. The van der Waals surface area contributed by atoms with Crippen molar-refractivity contribution in [3.05, 3.63) is 35.4 Å². The number of rotatable bonds is 4. The first-order valence-electron chi connectivity index (χ1n) is 6.74. The third-order valence-corrected chi connectivity index (χ3v) is 2.88. The molecule has 114 valence electrons. The molecular formula is C16H27ClN2O. The summed E-state index contributed by atoms with van der Waals surface area (Å²) in [7, 11) is 0. The van der Waals surface area contributed by atoms with Gasteiger partial charge in [-0.05, 0) is 43.4 Å². The minimum atomic E-state index is -0.220. The summed E-state index contributed by atoms with van der Waals surface area (Å²) in [4.78, 5) is 12.2. The molecule has 0 saturated heterocycles. The zero-order valence-electron chi connectivity index (χ0n) is 13.1. The summed E-state index contributed by atoms with van der Waals surface area (Å²) in [6.07, 6.45) is 0.923. The second kappa shape index (κ2) is 7.09. The number of carbonyl (C=O) groups is 1. The Morgan fingerprint density at radius 3 is 2.00 bits per heavy atom. The number of hydrogen-bond acceptors (Lipinski definition) is 2. The Morgan fingerprint density at radius 1 is 1.10 bits per heavy atom. The van der Waals surface area contributed by atoms with Gasteiger partial charge in [-0.1, -0.05) is 32.9 Å². The van der Waals surface area contributed by atoms with Crippen LogP contribution >= 0.6 is 12.4 Å². The van der Waals surface area contributed by atoms with E-state index < -0.39 is 0 Å². The molecule has 0 aliphatic heterocycles. The molecule has 1 rings (SSSR count). The van der Waals surface area contributed by atoms with Crippen LogP contribution in [0.5, 0.6) is 0 Å². The summed E-state index contributed by atoms with van der Waals surface area (Å²) in [6.45, 7) is 11.1. The molecule has 0 fully saturated rings. The maximum Gasteiger partial charge on any atom is 0.251 e. The van der Waals surface area contributed by atoms with Gasteiger partial charge in [0.25, 0.3) is 5.91 Å². The first-order valence-corrected chi connectivity index (χ1v) is 6.74. The van der Waals surface area contributed by atoms with E-state index in [1.807, 2.05) is 24.3 Å². The van der Waals surface area contributed by atoms with Crippen LogP contribution in [0, 0.1) is 5.41 Å². The quantitative estimate of drug-likeness (QED) is 0.893. The number of hydrogen-bond donors (Lipinski definition) is 2. The van der Waals surface area contributed by atoms with Gasteiger partial charge in [0, 0.05) is 17.6 Å². The van der Waals surface area contributed by atoms with Crippen LogP contribution in [0.3, 0.4) is 0 Å². The summed E-state index contributed by atoms with van der Waals surface area (Å²) in [6, 6.07) is 7.44. The summed E-state index contributed by atoms with van der Waals surface area (Å²) >= 11 is 0. The first-order chi connectivity index (χ1) is 8.63. The fourth-order valence-corrected chi connectivity index (χ4v) is 2.54. The van der Waals surface area contributed by atoms with Gasteiger partial charge >= 0.3 is 0 Å². The molecule has 0 bridgehead atoms.